The maximum atomic E-state index is 10.3. The smallest absolute Gasteiger partial charge is 0.329 e. The molecular weight excluding hydrogens is 178 g/mol. The Kier molecular flexibility index (Phi) is 2.07. The molecule has 1 aromatic carbocycles. The second kappa shape index (κ2) is 3.38. The van der Waals surface area contributed by atoms with Gasteiger partial charge >= 0.3 is 5.97 Å². The lowest BCUT2D eigenvalue weighted by Crippen LogP contribution is -1.89. The third-order valence-electron chi connectivity index (χ3n) is 2.01. The summed E-state index contributed by atoms with van der Waals surface area (Å²) in [6.45, 7) is 0. The Bertz CT molecular complexity index is 497. The third-order valence-corrected chi connectivity index (χ3v) is 2.01. The van der Waals surface area contributed by atoms with Crippen molar-refractivity contribution in [3.05, 3.63) is 42.6 Å². The minimum atomic E-state index is -0.942. The van der Waals surface area contributed by atoms with E-state index < -0.39 is 5.97 Å². The Hall–Kier alpha value is -2.03. The van der Waals surface area contributed by atoms with Gasteiger partial charge in [0, 0.05) is 18.5 Å². The summed E-state index contributed by atoms with van der Waals surface area (Å²) in [7, 11) is 0. The number of carboxylic acid groups (broad SMARTS) is 1. The maximum absolute atomic E-state index is 10.3. The van der Waals surface area contributed by atoms with Crippen molar-refractivity contribution >= 4 is 23.1 Å². The van der Waals surface area contributed by atoms with E-state index in [1.54, 1.807) is 4.57 Å². The van der Waals surface area contributed by atoms with Crippen molar-refractivity contribution < 1.29 is 9.90 Å². The molecule has 1 N–H and O–H groups in total. The van der Waals surface area contributed by atoms with Gasteiger partial charge in [-0.1, -0.05) is 18.2 Å². The fourth-order valence-corrected chi connectivity index (χ4v) is 1.38. The molecule has 3 nitrogen and oxygen atoms in total. The molecule has 2 rings (SSSR count). The van der Waals surface area contributed by atoms with Crippen LogP contribution in [0.4, 0.5) is 0 Å². The van der Waals surface area contributed by atoms with Crippen molar-refractivity contribution in [1.82, 2.24) is 4.57 Å². The molecule has 0 atom stereocenters. The van der Waals surface area contributed by atoms with Gasteiger partial charge < -0.3 is 9.67 Å². The van der Waals surface area contributed by atoms with Gasteiger partial charge in [-0.25, -0.2) is 4.79 Å². The van der Waals surface area contributed by atoms with Crippen molar-refractivity contribution in [2.45, 2.75) is 0 Å². The Labute approximate surface area is 80.9 Å². The highest BCUT2D eigenvalue weighted by Crippen LogP contribution is 2.14. The van der Waals surface area contributed by atoms with Crippen LogP contribution in [0.1, 0.15) is 0 Å². The molecule has 0 aliphatic rings. The number of benzene rings is 1. The number of carboxylic acids is 1. The first-order valence-electron chi connectivity index (χ1n) is 4.24. The molecule has 0 fully saturated rings. The molecule has 14 heavy (non-hydrogen) atoms. The van der Waals surface area contributed by atoms with Crippen LogP contribution in [-0.2, 0) is 4.79 Å². The largest absolute Gasteiger partial charge is 0.478 e. The van der Waals surface area contributed by atoms with Crippen molar-refractivity contribution in [2.75, 3.05) is 0 Å². The van der Waals surface area contributed by atoms with Gasteiger partial charge in [-0.15, -0.1) is 0 Å². The molecule has 0 amide bonds. The number of para-hydroxylation sites is 1. The first kappa shape index (κ1) is 8.56. The van der Waals surface area contributed by atoms with E-state index >= 15 is 0 Å². The van der Waals surface area contributed by atoms with E-state index in [2.05, 4.69) is 0 Å². The van der Waals surface area contributed by atoms with Crippen LogP contribution in [0.2, 0.25) is 0 Å². The molecule has 1 heterocycles. The summed E-state index contributed by atoms with van der Waals surface area (Å²) in [6.07, 6.45) is 4.49. The van der Waals surface area contributed by atoms with Gasteiger partial charge in [0.25, 0.3) is 0 Å². The predicted molar refractivity (Wildman–Crippen MR) is 54.9 cm³/mol. The van der Waals surface area contributed by atoms with Crippen LogP contribution in [-0.4, -0.2) is 15.6 Å². The molecule has 0 bridgehead atoms. The van der Waals surface area contributed by atoms with Crippen molar-refractivity contribution in [3.8, 4) is 0 Å². The quantitative estimate of drug-likeness (QED) is 0.732. The molecule has 2 aromatic rings. The van der Waals surface area contributed by atoms with E-state index in [0.717, 1.165) is 17.0 Å². The minimum absolute atomic E-state index is 0.942. The molecule has 0 radical (unpaired) electrons. The number of aromatic nitrogens is 1. The molecule has 70 valence electrons. The number of carbonyl (C=O) groups is 1. The number of rotatable bonds is 2. The Balaban J connectivity index is 2.48. The Morgan fingerprint density at radius 1 is 1.29 bits per heavy atom. The fraction of sp³-hybridized carbons (Fsp3) is 0. The molecule has 0 saturated heterocycles. The summed E-state index contributed by atoms with van der Waals surface area (Å²) >= 11 is 0. The zero-order valence-electron chi connectivity index (χ0n) is 7.42. The van der Waals surface area contributed by atoms with Crippen LogP contribution in [0.5, 0.6) is 0 Å². The second-order valence-corrected chi connectivity index (χ2v) is 2.94. The summed E-state index contributed by atoms with van der Waals surface area (Å²) in [5.74, 6) is -0.942. The number of aliphatic carboxylic acids is 1. The Morgan fingerprint density at radius 3 is 2.86 bits per heavy atom. The summed E-state index contributed by atoms with van der Waals surface area (Å²) in [6, 6.07) is 9.75. The van der Waals surface area contributed by atoms with Crippen LogP contribution in [0, 0.1) is 0 Å². The van der Waals surface area contributed by atoms with Crippen molar-refractivity contribution in [2.24, 2.45) is 0 Å². The van der Waals surface area contributed by atoms with Crippen LogP contribution in [0.25, 0.3) is 17.1 Å². The van der Waals surface area contributed by atoms with Gasteiger partial charge in [-0.05, 0) is 17.5 Å². The van der Waals surface area contributed by atoms with Gasteiger partial charge in [-0.2, -0.15) is 0 Å². The average molecular weight is 187 g/mol. The zero-order valence-corrected chi connectivity index (χ0v) is 7.42. The lowest BCUT2D eigenvalue weighted by Gasteiger charge is -1.95. The highest BCUT2D eigenvalue weighted by Gasteiger charge is 1.96. The fourth-order valence-electron chi connectivity index (χ4n) is 1.38. The van der Waals surface area contributed by atoms with Crippen LogP contribution < -0.4 is 0 Å². The number of fused-ring (bicyclic) bond motifs is 1. The summed E-state index contributed by atoms with van der Waals surface area (Å²) < 4.78 is 1.78. The maximum Gasteiger partial charge on any atom is 0.329 e. The molecular formula is C11H9NO2. The summed E-state index contributed by atoms with van der Waals surface area (Å²) in [5.41, 5.74) is 1.00. The standard InChI is InChI=1S/C11H9NO2/c13-11(14)6-8-12-7-5-9-3-1-2-4-10(9)12/h1-8H,(H,13,14)/b8-6+. The normalized spacial score (nSPS) is 11.1. The monoisotopic (exact) mass is 187 g/mol. The van der Waals surface area contributed by atoms with Gasteiger partial charge in [0.1, 0.15) is 0 Å². The Morgan fingerprint density at radius 2 is 2.07 bits per heavy atom. The van der Waals surface area contributed by atoms with E-state index in [-0.39, 0.29) is 0 Å². The molecule has 0 aliphatic heterocycles. The summed E-state index contributed by atoms with van der Waals surface area (Å²) in [4.78, 5) is 10.3. The average Bonchev–Trinajstić information content (AvgIpc) is 2.58. The molecule has 0 aliphatic carbocycles. The van der Waals surface area contributed by atoms with Gasteiger partial charge in [-0.3, -0.25) is 0 Å². The van der Waals surface area contributed by atoms with Crippen molar-refractivity contribution in [1.29, 1.82) is 0 Å². The van der Waals surface area contributed by atoms with E-state index in [1.165, 1.54) is 6.20 Å². The molecule has 0 unspecified atom stereocenters. The summed E-state index contributed by atoms with van der Waals surface area (Å²) in [5, 5.41) is 9.58. The van der Waals surface area contributed by atoms with Crippen LogP contribution >= 0.6 is 0 Å². The van der Waals surface area contributed by atoms with Gasteiger partial charge in [0.05, 0.1) is 5.52 Å². The van der Waals surface area contributed by atoms with Gasteiger partial charge in [0.2, 0.25) is 0 Å². The van der Waals surface area contributed by atoms with Crippen LogP contribution in [0.3, 0.4) is 0 Å². The molecule has 0 saturated carbocycles. The van der Waals surface area contributed by atoms with E-state index in [4.69, 9.17) is 5.11 Å². The zero-order chi connectivity index (χ0) is 9.97. The lowest BCUT2D eigenvalue weighted by molar-refractivity contribution is -0.131. The first-order chi connectivity index (χ1) is 6.77. The topological polar surface area (TPSA) is 42.2 Å². The predicted octanol–water partition coefficient (Wildman–Crippen LogP) is 2.20. The molecule has 1 aromatic heterocycles. The third kappa shape index (κ3) is 1.52. The SMILES string of the molecule is O=C(O)/C=C/n1ccc2ccccc21. The number of nitrogens with zero attached hydrogens (tertiary/aromatic N) is 1. The van der Waals surface area contributed by atoms with Crippen LogP contribution in [0.15, 0.2) is 42.6 Å². The number of hydrogen-bond acceptors (Lipinski definition) is 1. The molecule has 0 spiro atoms. The van der Waals surface area contributed by atoms with E-state index in [9.17, 15) is 4.79 Å². The highest BCUT2D eigenvalue weighted by atomic mass is 16.4. The lowest BCUT2D eigenvalue weighted by atomic mass is 10.2. The highest BCUT2D eigenvalue weighted by molar-refractivity contribution is 5.86. The second-order valence-electron chi connectivity index (χ2n) is 2.94. The number of hydrogen-bond donors (Lipinski definition) is 1. The van der Waals surface area contributed by atoms with E-state index in [0.29, 0.717) is 0 Å². The minimum Gasteiger partial charge on any atom is -0.478 e. The van der Waals surface area contributed by atoms with Crippen molar-refractivity contribution in [3.63, 3.8) is 0 Å². The van der Waals surface area contributed by atoms with E-state index in [1.807, 2.05) is 36.5 Å². The molecule has 3 heteroatoms. The van der Waals surface area contributed by atoms with Gasteiger partial charge in [0.15, 0.2) is 0 Å². The first-order valence-corrected chi connectivity index (χ1v) is 4.24.